The van der Waals surface area contributed by atoms with Gasteiger partial charge in [-0.05, 0) is 6.42 Å². The number of rotatable bonds is 7. The number of unbranched alkanes of at least 4 members (excludes halogenated alkanes) is 1. The van der Waals surface area contributed by atoms with Crippen molar-refractivity contribution >= 4 is 5.97 Å². The quantitative estimate of drug-likeness (QED) is 0.468. The number of hydrogen-bond donors (Lipinski definition) is 1. The minimum Gasteiger partial charge on any atom is -0.481 e. The number of ether oxygens (including phenoxy) is 2. The highest BCUT2D eigenvalue weighted by Crippen LogP contribution is 2.01. The zero-order chi connectivity index (χ0) is 9.40. The predicted octanol–water partition coefficient (Wildman–Crippen LogP) is 1.25. The lowest BCUT2D eigenvalue weighted by Gasteiger charge is -2.13. The third-order valence-corrected chi connectivity index (χ3v) is 1.41. The highest BCUT2D eigenvalue weighted by molar-refractivity contribution is 5.67. The molecule has 0 aliphatic rings. The van der Waals surface area contributed by atoms with Crippen LogP contribution in [-0.4, -0.2) is 31.1 Å². The molecule has 0 spiro atoms. The first kappa shape index (κ1) is 11.4. The van der Waals surface area contributed by atoms with Crippen LogP contribution in [-0.2, 0) is 14.3 Å². The Bertz CT molecular complexity index is 124. The van der Waals surface area contributed by atoms with Gasteiger partial charge >= 0.3 is 5.97 Å². The molecule has 72 valence electrons. The van der Waals surface area contributed by atoms with Crippen molar-refractivity contribution in [1.29, 1.82) is 0 Å². The molecule has 0 aromatic heterocycles. The zero-order valence-corrected chi connectivity index (χ0v) is 7.58. The van der Waals surface area contributed by atoms with E-state index in [1.807, 2.05) is 6.92 Å². The monoisotopic (exact) mass is 176 g/mol. The molecule has 0 rings (SSSR count). The van der Waals surface area contributed by atoms with Crippen LogP contribution in [0.4, 0.5) is 0 Å². The van der Waals surface area contributed by atoms with E-state index in [0.717, 1.165) is 12.8 Å². The van der Waals surface area contributed by atoms with Crippen molar-refractivity contribution in [1.82, 2.24) is 0 Å². The molecule has 0 saturated carbocycles. The van der Waals surface area contributed by atoms with Gasteiger partial charge in [-0.1, -0.05) is 13.3 Å². The van der Waals surface area contributed by atoms with Crippen molar-refractivity contribution in [3.8, 4) is 0 Å². The SMILES string of the molecule is CCCCOC(CC(=O)O)OC. The van der Waals surface area contributed by atoms with E-state index in [-0.39, 0.29) is 6.42 Å². The predicted molar refractivity (Wildman–Crippen MR) is 43.9 cm³/mol. The average molecular weight is 176 g/mol. The fraction of sp³-hybridized carbons (Fsp3) is 0.875. The van der Waals surface area contributed by atoms with Gasteiger partial charge in [0.1, 0.15) is 0 Å². The normalized spacial score (nSPS) is 12.8. The molecule has 0 aliphatic carbocycles. The fourth-order valence-electron chi connectivity index (χ4n) is 0.712. The van der Waals surface area contributed by atoms with Crippen LogP contribution in [0.2, 0.25) is 0 Å². The summed E-state index contributed by atoms with van der Waals surface area (Å²) >= 11 is 0. The van der Waals surface area contributed by atoms with Crippen molar-refractivity contribution in [2.45, 2.75) is 32.5 Å². The summed E-state index contributed by atoms with van der Waals surface area (Å²) in [5, 5.41) is 8.41. The number of aliphatic carboxylic acids is 1. The van der Waals surface area contributed by atoms with E-state index >= 15 is 0 Å². The molecule has 0 fully saturated rings. The summed E-state index contributed by atoms with van der Waals surface area (Å²) in [6.45, 7) is 2.60. The fourth-order valence-corrected chi connectivity index (χ4v) is 0.712. The summed E-state index contributed by atoms with van der Waals surface area (Å²) in [5.74, 6) is -0.904. The maximum atomic E-state index is 10.2. The number of hydrogen-bond acceptors (Lipinski definition) is 3. The summed E-state index contributed by atoms with van der Waals surface area (Å²) in [5.41, 5.74) is 0. The second kappa shape index (κ2) is 7.06. The summed E-state index contributed by atoms with van der Waals surface area (Å²) < 4.78 is 9.94. The Balaban J connectivity index is 3.46. The molecule has 1 N–H and O–H groups in total. The molecule has 0 aromatic rings. The molecule has 4 nitrogen and oxygen atoms in total. The second-order valence-electron chi connectivity index (χ2n) is 2.49. The van der Waals surface area contributed by atoms with Gasteiger partial charge in [0.25, 0.3) is 0 Å². The third-order valence-electron chi connectivity index (χ3n) is 1.41. The molecule has 12 heavy (non-hydrogen) atoms. The van der Waals surface area contributed by atoms with Crippen molar-refractivity contribution in [3.05, 3.63) is 0 Å². The number of carboxylic acid groups (broad SMARTS) is 1. The number of carbonyl (C=O) groups is 1. The van der Waals surface area contributed by atoms with Crippen LogP contribution in [0.25, 0.3) is 0 Å². The highest BCUT2D eigenvalue weighted by Gasteiger charge is 2.11. The Morgan fingerprint density at radius 3 is 2.67 bits per heavy atom. The first-order valence-corrected chi connectivity index (χ1v) is 4.06. The van der Waals surface area contributed by atoms with Gasteiger partial charge in [0.15, 0.2) is 6.29 Å². The van der Waals surface area contributed by atoms with Crippen LogP contribution in [0.3, 0.4) is 0 Å². The zero-order valence-electron chi connectivity index (χ0n) is 7.58. The lowest BCUT2D eigenvalue weighted by Crippen LogP contribution is -2.20. The van der Waals surface area contributed by atoms with E-state index in [9.17, 15) is 4.79 Å². The lowest BCUT2D eigenvalue weighted by molar-refractivity contribution is -0.159. The van der Waals surface area contributed by atoms with Gasteiger partial charge < -0.3 is 14.6 Å². The third kappa shape index (κ3) is 6.12. The Morgan fingerprint density at radius 2 is 2.25 bits per heavy atom. The minimum absolute atomic E-state index is 0.0970. The molecule has 1 unspecified atom stereocenters. The Hall–Kier alpha value is -0.610. The van der Waals surface area contributed by atoms with E-state index in [0.29, 0.717) is 6.61 Å². The van der Waals surface area contributed by atoms with E-state index in [4.69, 9.17) is 14.6 Å². The van der Waals surface area contributed by atoms with Crippen LogP contribution < -0.4 is 0 Å². The molecule has 0 amide bonds. The highest BCUT2D eigenvalue weighted by atomic mass is 16.7. The Labute approximate surface area is 72.5 Å². The largest absolute Gasteiger partial charge is 0.481 e. The molecule has 0 saturated heterocycles. The molecular weight excluding hydrogens is 160 g/mol. The van der Waals surface area contributed by atoms with E-state index < -0.39 is 12.3 Å². The Kier molecular flexibility index (Phi) is 6.70. The molecule has 0 aromatic carbocycles. The summed E-state index contributed by atoms with van der Waals surface area (Å²) in [6, 6.07) is 0. The smallest absolute Gasteiger partial charge is 0.308 e. The van der Waals surface area contributed by atoms with E-state index in [1.54, 1.807) is 0 Å². The van der Waals surface area contributed by atoms with Crippen molar-refractivity contribution in [3.63, 3.8) is 0 Å². The summed E-state index contributed by atoms with van der Waals surface area (Å²) in [4.78, 5) is 10.2. The number of methoxy groups -OCH3 is 1. The maximum Gasteiger partial charge on any atom is 0.308 e. The Morgan fingerprint density at radius 1 is 1.58 bits per heavy atom. The molecule has 0 radical (unpaired) electrons. The van der Waals surface area contributed by atoms with Gasteiger partial charge in [0.05, 0.1) is 6.42 Å². The standard InChI is InChI=1S/C8H16O4/c1-3-4-5-12-8(11-2)6-7(9)10/h8H,3-6H2,1-2H3,(H,9,10). The van der Waals surface area contributed by atoms with Crippen LogP contribution >= 0.6 is 0 Å². The van der Waals surface area contributed by atoms with E-state index in [2.05, 4.69) is 0 Å². The van der Waals surface area contributed by atoms with Gasteiger partial charge in [0.2, 0.25) is 0 Å². The molecule has 0 heterocycles. The summed E-state index contributed by atoms with van der Waals surface area (Å²) in [6.07, 6.45) is 1.26. The van der Waals surface area contributed by atoms with Crippen LogP contribution in [0, 0.1) is 0 Å². The molecule has 1 atom stereocenters. The van der Waals surface area contributed by atoms with Gasteiger partial charge in [0, 0.05) is 13.7 Å². The van der Waals surface area contributed by atoms with Gasteiger partial charge in [-0.2, -0.15) is 0 Å². The van der Waals surface area contributed by atoms with Crippen LogP contribution in [0.15, 0.2) is 0 Å². The average Bonchev–Trinajstić information content (AvgIpc) is 2.02. The first-order chi connectivity index (χ1) is 5.70. The van der Waals surface area contributed by atoms with Gasteiger partial charge in [-0.3, -0.25) is 4.79 Å². The van der Waals surface area contributed by atoms with Gasteiger partial charge in [-0.15, -0.1) is 0 Å². The summed E-state index contributed by atoms with van der Waals surface area (Å²) in [7, 11) is 1.44. The first-order valence-electron chi connectivity index (χ1n) is 4.06. The van der Waals surface area contributed by atoms with Crippen molar-refractivity contribution in [2.24, 2.45) is 0 Å². The minimum atomic E-state index is -0.904. The molecule has 4 heteroatoms. The van der Waals surface area contributed by atoms with Crippen LogP contribution in [0.5, 0.6) is 0 Å². The lowest BCUT2D eigenvalue weighted by atomic mass is 10.3. The number of carboxylic acids is 1. The maximum absolute atomic E-state index is 10.2. The van der Waals surface area contributed by atoms with Crippen molar-refractivity contribution < 1.29 is 19.4 Å². The topological polar surface area (TPSA) is 55.8 Å². The second-order valence-corrected chi connectivity index (χ2v) is 2.49. The molecular formula is C8H16O4. The molecule has 0 bridgehead atoms. The van der Waals surface area contributed by atoms with E-state index in [1.165, 1.54) is 7.11 Å². The van der Waals surface area contributed by atoms with Crippen LogP contribution in [0.1, 0.15) is 26.2 Å². The van der Waals surface area contributed by atoms with Crippen molar-refractivity contribution in [2.75, 3.05) is 13.7 Å². The van der Waals surface area contributed by atoms with Gasteiger partial charge in [-0.25, -0.2) is 0 Å². The molecule has 0 aliphatic heterocycles.